The fraction of sp³-hybridized carbons (Fsp3) is 0.625. The Labute approximate surface area is 125 Å². The maximum atomic E-state index is 11.9. The summed E-state index contributed by atoms with van der Waals surface area (Å²) in [4.78, 5) is 15.9. The minimum absolute atomic E-state index is 0.0459. The standard InChI is InChI=1S/C16H24N2O3/c1-4-21-13-10-16(20,15(13,2)3)11-18-14(19)9-12-5-7-17-8-6-12/h5-8,13,20H,4,9-11H2,1-3H3,(H,18,19)/t13-,16+/m0/s1. The van der Waals surface area contributed by atoms with Gasteiger partial charge in [0.1, 0.15) is 0 Å². The number of carbonyl (C=O) groups is 1. The van der Waals surface area contributed by atoms with Gasteiger partial charge < -0.3 is 15.2 Å². The van der Waals surface area contributed by atoms with Gasteiger partial charge in [0.25, 0.3) is 0 Å². The quantitative estimate of drug-likeness (QED) is 0.829. The molecule has 21 heavy (non-hydrogen) atoms. The summed E-state index contributed by atoms with van der Waals surface area (Å²) in [7, 11) is 0. The number of pyridine rings is 1. The molecular formula is C16H24N2O3. The van der Waals surface area contributed by atoms with Crippen molar-refractivity contribution in [2.75, 3.05) is 13.2 Å². The number of nitrogens with zero attached hydrogens (tertiary/aromatic N) is 1. The van der Waals surface area contributed by atoms with Crippen LogP contribution in [0.25, 0.3) is 0 Å². The first-order valence-electron chi connectivity index (χ1n) is 7.38. The predicted molar refractivity (Wildman–Crippen MR) is 79.7 cm³/mol. The molecule has 1 amide bonds. The second kappa shape index (κ2) is 6.12. The largest absolute Gasteiger partial charge is 0.387 e. The minimum atomic E-state index is -0.902. The van der Waals surface area contributed by atoms with Gasteiger partial charge >= 0.3 is 0 Å². The molecule has 2 atom stereocenters. The Kier molecular flexibility index (Phi) is 4.64. The second-order valence-electron chi connectivity index (χ2n) is 6.21. The highest BCUT2D eigenvalue weighted by Gasteiger charge is 2.59. The number of aromatic nitrogens is 1. The fourth-order valence-corrected chi connectivity index (χ4v) is 2.76. The van der Waals surface area contributed by atoms with Gasteiger partial charge in [0.05, 0.1) is 18.1 Å². The number of hydrogen-bond acceptors (Lipinski definition) is 4. The molecule has 2 rings (SSSR count). The van der Waals surface area contributed by atoms with Gasteiger partial charge in [0.15, 0.2) is 0 Å². The van der Waals surface area contributed by atoms with E-state index in [1.807, 2.05) is 32.9 Å². The van der Waals surface area contributed by atoms with Crippen molar-refractivity contribution in [3.63, 3.8) is 0 Å². The number of aliphatic hydroxyl groups is 1. The van der Waals surface area contributed by atoms with Gasteiger partial charge in [-0.25, -0.2) is 0 Å². The van der Waals surface area contributed by atoms with Gasteiger partial charge in [-0.05, 0) is 24.6 Å². The normalized spacial score (nSPS) is 27.0. The Morgan fingerprint density at radius 3 is 2.71 bits per heavy atom. The molecule has 0 spiro atoms. The van der Waals surface area contributed by atoms with E-state index in [0.717, 1.165) is 5.56 Å². The highest BCUT2D eigenvalue weighted by Crippen LogP contribution is 2.50. The first-order valence-corrected chi connectivity index (χ1v) is 7.38. The van der Waals surface area contributed by atoms with Crippen LogP contribution in [0.4, 0.5) is 0 Å². The smallest absolute Gasteiger partial charge is 0.224 e. The zero-order valence-corrected chi connectivity index (χ0v) is 12.9. The summed E-state index contributed by atoms with van der Waals surface area (Å²) in [6.45, 7) is 6.80. The SMILES string of the molecule is CCO[C@H]1C[C@@](O)(CNC(=O)Cc2ccncc2)C1(C)C. The average molecular weight is 292 g/mol. The number of amides is 1. The molecule has 1 fully saturated rings. The molecule has 1 saturated carbocycles. The molecule has 116 valence electrons. The van der Waals surface area contributed by atoms with E-state index in [0.29, 0.717) is 19.4 Å². The topological polar surface area (TPSA) is 71.5 Å². The molecule has 2 N–H and O–H groups in total. The van der Waals surface area contributed by atoms with Crippen LogP contribution in [0.15, 0.2) is 24.5 Å². The van der Waals surface area contributed by atoms with Gasteiger partial charge in [0, 0.05) is 37.4 Å². The van der Waals surface area contributed by atoms with Crippen LogP contribution in [-0.4, -0.2) is 40.9 Å². The van der Waals surface area contributed by atoms with Crippen LogP contribution in [0.5, 0.6) is 0 Å². The molecule has 0 radical (unpaired) electrons. The minimum Gasteiger partial charge on any atom is -0.387 e. The van der Waals surface area contributed by atoms with Crippen molar-refractivity contribution in [2.45, 2.75) is 45.3 Å². The zero-order chi connectivity index (χ0) is 15.5. The molecule has 1 aliphatic carbocycles. The Balaban J connectivity index is 1.84. The zero-order valence-electron chi connectivity index (χ0n) is 12.9. The lowest BCUT2D eigenvalue weighted by molar-refractivity contribution is -0.238. The third kappa shape index (κ3) is 3.24. The van der Waals surface area contributed by atoms with E-state index < -0.39 is 5.60 Å². The first kappa shape index (κ1) is 15.9. The van der Waals surface area contributed by atoms with Crippen LogP contribution in [0.2, 0.25) is 0 Å². The molecular weight excluding hydrogens is 268 g/mol. The summed E-state index contributed by atoms with van der Waals surface area (Å²) in [5.74, 6) is -0.0923. The lowest BCUT2D eigenvalue weighted by Gasteiger charge is -2.57. The molecule has 1 aromatic heterocycles. The van der Waals surface area contributed by atoms with Crippen LogP contribution >= 0.6 is 0 Å². The lowest BCUT2D eigenvalue weighted by atomic mass is 9.56. The Morgan fingerprint density at radius 2 is 2.14 bits per heavy atom. The van der Waals surface area contributed by atoms with Gasteiger partial charge in [-0.15, -0.1) is 0 Å². The molecule has 0 aliphatic heterocycles. The van der Waals surface area contributed by atoms with E-state index in [4.69, 9.17) is 4.74 Å². The van der Waals surface area contributed by atoms with E-state index in [9.17, 15) is 9.90 Å². The number of carbonyl (C=O) groups excluding carboxylic acids is 1. The van der Waals surface area contributed by atoms with E-state index in [-0.39, 0.29) is 24.0 Å². The number of hydrogen-bond donors (Lipinski definition) is 2. The number of ether oxygens (including phenoxy) is 1. The Hall–Kier alpha value is -1.46. The third-order valence-corrected chi connectivity index (χ3v) is 4.59. The maximum Gasteiger partial charge on any atom is 0.224 e. The van der Waals surface area contributed by atoms with Crippen LogP contribution in [0.1, 0.15) is 32.8 Å². The third-order valence-electron chi connectivity index (χ3n) is 4.59. The molecule has 1 heterocycles. The summed E-state index contributed by atoms with van der Waals surface area (Å²) in [6.07, 6.45) is 4.23. The lowest BCUT2D eigenvalue weighted by Crippen LogP contribution is -2.68. The molecule has 1 aliphatic rings. The van der Waals surface area contributed by atoms with Crippen molar-refractivity contribution in [1.82, 2.24) is 10.3 Å². The van der Waals surface area contributed by atoms with E-state index in [1.54, 1.807) is 12.4 Å². The molecule has 5 nitrogen and oxygen atoms in total. The van der Waals surface area contributed by atoms with Crippen molar-refractivity contribution >= 4 is 5.91 Å². The first-order chi connectivity index (χ1) is 9.89. The van der Waals surface area contributed by atoms with Gasteiger partial charge in [-0.1, -0.05) is 13.8 Å². The van der Waals surface area contributed by atoms with Crippen molar-refractivity contribution in [1.29, 1.82) is 0 Å². The summed E-state index contributed by atoms with van der Waals surface area (Å²) in [5, 5.41) is 13.5. The summed E-state index contributed by atoms with van der Waals surface area (Å²) >= 11 is 0. The molecule has 0 saturated heterocycles. The Bertz CT molecular complexity index is 490. The average Bonchev–Trinajstić information content (AvgIpc) is 2.46. The van der Waals surface area contributed by atoms with Crippen molar-refractivity contribution in [2.24, 2.45) is 5.41 Å². The van der Waals surface area contributed by atoms with Crippen molar-refractivity contribution in [3.8, 4) is 0 Å². The second-order valence-corrected chi connectivity index (χ2v) is 6.21. The molecule has 5 heteroatoms. The van der Waals surface area contributed by atoms with E-state index in [1.165, 1.54) is 0 Å². The molecule has 0 aromatic carbocycles. The maximum absolute atomic E-state index is 11.9. The molecule has 1 aromatic rings. The highest BCUT2D eigenvalue weighted by atomic mass is 16.5. The monoisotopic (exact) mass is 292 g/mol. The summed E-state index contributed by atoms with van der Waals surface area (Å²) in [5.41, 5.74) is -0.345. The highest BCUT2D eigenvalue weighted by molar-refractivity contribution is 5.78. The van der Waals surface area contributed by atoms with Crippen LogP contribution < -0.4 is 5.32 Å². The summed E-state index contributed by atoms with van der Waals surface area (Å²) < 4.78 is 5.61. The number of nitrogens with one attached hydrogen (secondary N) is 1. The molecule has 0 bridgehead atoms. The van der Waals surface area contributed by atoms with Gasteiger partial charge in [0.2, 0.25) is 5.91 Å². The van der Waals surface area contributed by atoms with Gasteiger partial charge in [-0.2, -0.15) is 0 Å². The van der Waals surface area contributed by atoms with Crippen molar-refractivity contribution < 1.29 is 14.6 Å². The van der Waals surface area contributed by atoms with E-state index >= 15 is 0 Å². The molecule has 0 unspecified atom stereocenters. The van der Waals surface area contributed by atoms with Crippen LogP contribution in [-0.2, 0) is 16.0 Å². The summed E-state index contributed by atoms with van der Waals surface area (Å²) in [6, 6.07) is 3.62. The number of rotatable bonds is 6. The van der Waals surface area contributed by atoms with Gasteiger partial charge in [-0.3, -0.25) is 9.78 Å². The van der Waals surface area contributed by atoms with Crippen LogP contribution in [0, 0.1) is 5.41 Å². The fourth-order valence-electron chi connectivity index (χ4n) is 2.76. The predicted octanol–water partition coefficient (Wildman–Crippen LogP) is 1.31. The Morgan fingerprint density at radius 1 is 1.48 bits per heavy atom. The van der Waals surface area contributed by atoms with Crippen LogP contribution in [0.3, 0.4) is 0 Å². The van der Waals surface area contributed by atoms with Crippen molar-refractivity contribution in [3.05, 3.63) is 30.1 Å². The van der Waals surface area contributed by atoms with E-state index in [2.05, 4.69) is 10.3 Å².